The molecule has 5 heteroatoms. The van der Waals surface area contributed by atoms with E-state index in [1.54, 1.807) is 17.7 Å². The highest BCUT2D eigenvalue weighted by Gasteiger charge is 2.10. The lowest BCUT2D eigenvalue weighted by Crippen LogP contribution is -2.17. The minimum Gasteiger partial charge on any atom is -0.391 e. The lowest BCUT2D eigenvalue weighted by atomic mass is 10.2. The van der Waals surface area contributed by atoms with Crippen LogP contribution in [0.3, 0.4) is 0 Å². The Morgan fingerprint density at radius 3 is 3.00 bits per heavy atom. The van der Waals surface area contributed by atoms with Gasteiger partial charge in [-0.25, -0.2) is 4.98 Å². The van der Waals surface area contributed by atoms with Gasteiger partial charge in [0.15, 0.2) is 0 Å². The van der Waals surface area contributed by atoms with Crippen molar-refractivity contribution in [2.75, 3.05) is 0 Å². The molecule has 0 aliphatic rings. The second-order valence-corrected chi connectivity index (χ2v) is 6.39. The molecule has 0 fully saturated rings. The number of aliphatic hydroxyl groups excluding tert-OH is 1. The van der Waals surface area contributed by atoms with Crippen LogP contribution in [0.15, 0.2) is 46.5 Å². The van der Waals surface area contributed by atoms with Crippen molar-refractivity contribution >= 4 is 38.3 Å². The van der Waals surface area contributed by atoms with Gasteiger partial charge in [0, 0.05) is 21.2 Å². The Balaban J connectivity index is 1.74. The van der Waals surface area contributed by atoms with Crippen LogP contribution in [0, 0.1) is 0 Å². The molecule has 0 bridgehead atoms. The molecule has 0 aliphatic heterocycles. The third-order valence-corrected chi connectivity index (χ3v) is 4.71. The van der Waals surface area contributed by atoms with E-state index in [2.05, 4.69) is 27.0 Å². The molecule has 19 heavy (non-hydrogen) atoms. The predicted octanol–water partition coefficient (Wildman–Crippen LogP) is 3.46. The lowest BCUT2D eigenvalue weighted by molar-refractivity contribution is 0.156. The SMILES string of the molecule is OC(Cc1cc(Br)cs1)Cn1cnc2ccccc21. The van der Waals surface area contributed by atoms with E-state index < -0.39 is 6.10 Å². The number of fused-ring (bicyclic) bond motifs is 1. The standard InChI is InChI=1S/C14H13BrN2OS/c15-10-5-12(19-8-10)6-11(18)7-17-9-16-13-3-1-2-4-14(13)17/h1-5,8-9,11,18H,6-7H2. The van der Waals surface area contributed by atoms with Gasteiger partial charge in [-0.05, 0) is 34.1 Å². The van der Waals surface area contributed by atoms with Gasteiger partial charge in [0.2, 0.25) is 0 Å². The van der Waals surface area contributed by atoms with E-state index in [9.17, 15) is 5.11 Å². The summed E-state index contributed by atoms with van der Waals surface area (Å²) in [6.07, 6.45) is 2.06. The summed E-state index contributed by atoms with van der Waals surface area (Å²) < 4.78 is 3.08. The predicted molar refractivity (Wildman–Crippen MR) is 81.5 cm³/mol. The fraction of sp³-hybridized carbons (Fsp3) is 0.214. The quantitative estimate of drug-likeness (QED) is 0.792. The van der Waals surface area contributed by atoms with Gasteiger partial charge < -0.3 is 9.67 Å². The number of nitrogens with zero attached hydrogens (tertiary/aromatic N) is 2. The molecule has 3 nitrogen and oxygen atoms in total. The highest BCUT2D eigenvalue weighted by Crippen LogP contribution is 2.21. The van der Waals surface area contributed by atoms with E-state index in [-0.39, 0.29) is 0 Å². The number of aromatic nitrogens is 2. The van der Waals surface area contributed by atoms with Crippen LogP contribution >= 0.6 is 27.3 Å². The van der Waals surface area contributed by atoms with Gasteiger partial charge in [-0.1, -0.05) is 12.1 Å². The van der Waals surface area contributed by atoms with Crippen LogP contribution < -0.4 is 0 Å². The summed E-state index contributed by atoms with van der Waals surface area (Å²) in [4.78, 5) is 5.51. The molecule has 1 aromatic carbocycles. The van der Waals surface area contributed by atoms with Crippen LogP contribution in [0.1, 0.15) is 4.88 Å². The molecule has 3 rings (SSSR count). The van der Waals surface area contributed by atoms with Crippen molar-refractivity contribution in [3.05, 3.63) is 51.4 Å². The first-order chi connectivity index (χ1) is 9.22. The zero-order valence-electron chi connectivity index (χ0n) is 10.2. The van der Waals surface area contributed by atoms with Crippen molar-refractivity contribution in [3.8, 4) is 0 Å². The average molecular weight is 337 g/mol. The summed E-state index contributed by atoms with van der Waals surface area (Å²) in [5.74, 6) is 0. The number of aliphatic hydroxyl groups is 1. The zero-order valence-corrected chi connectivity index (χ0v) is 12.6. The smallest absolute Gasteiger partial charge is 0.0959 e. The van der Waals surface area contributed by atoms with Crippen LogP contribution in [0.5, 0.6) is 0 Å². The monoisotopic (exact) mass is 336 g/mol. The van der Waals surface area contributed by atoms with E-state index >= 15 is 0 Å². The van der Waals surface area contributed by atoms with Gasteiger partial charge >= 0.3 is 0 Å². The largest absolute Gasteiger partial charge is 0.391 e. The Kier molecular flexibility index (Phi) is 3.68. The van der Waals surface area contributed by atoms with Crippen LogP contribution in [-0.2, 0) is 13.0 Å². The molecule has 0 saturated carbocycles. The highest BCUT2D eigenvalue weighted by atomic mass is 79.9. The number of imidazole rings is 1. The number of hydrogen-bond acceptors (Lipinski definition) is 3. The maximum absolute atomic E-state index is 10.2. The maximum atomic E-state index is 10.2. The van der Waals surface area contributed by atoms with E-state index in [1.807, 2.05) is 34.2 Å². The molecule has 3 aromatic rings. The summed E-state index contributed by atoms with van der Waals surface area (Å²) in [6.45, 7) is 0.566. The first-order valence-electron chi connectivity index (χ1n) is 6.03. The molecule has 0 amide bonds. The minimum atomic E-state index is -0.400. The second-order valence-electron chi connectivity index (χ2n) is 4.47. The molecule has 1 N–H and O–H groups in total. The number of thiophene rings is 1. The molecule has 1 unspecified atom stereocenters. The van der Waals surface area contributed by atoms with E-state index in [0.29, 0.717) is 13.0 Å². The highest BCUT2D eigenvalue weighted by molar-refractivity contribution is 9.10. The third-order valence-electron chi connectivity index (χ3n) is 2.99. The van der Waals surface area contributed by atoms with Crippen molar-refractivity contribution in [1.29, 1.82) is 0 Å². The molecule has 0 radical (unpaired) electrons. The molecule has 0 aliphatic carbocycles. The van der Waals surface area contributed by atoms with E-state index in [0.717, 1.165) is 15.5 Å². The Hall–Kier alpha value is -1.17. The molecule has 98 valence electrons. The van der Waals surface area contributed by atoms with Crippen LogP contribution in [0.25, 0.3) is 11.0 Å². The van der Waals surface area contributed by atoms with E-state index in [4.69, 9.17) is 0 Å². The van der Waals surface area contributed by atoms with Crippen LogP contribution in [0.4, 0.5) is 0 Å². The fourth-order valence-electron chi connectivity index (χ4n) is 2.14. The molecule has 2 heterocycles. The Bertz CT molecular complexity index is 691. The Labute approximate surface area is 123 Å². The minimum absolute atomic E-state index is 0.400. The normalized spacial score (nSPS) is 12.9. The third kappa shape index (κ3) is 2.88. The second kappa shape index (κ2) is 5.45. The van der Waals surface area contributed by atoms with Crippen LogP contribution in [0.2, 0.25) is 0 Å². The van der Waals surface area contributed by atoms with Crippen molar-refractivity contribution < 1.29 is 5.11 Å². The zero-order chi connectivity index (χ0) is 13.2. The molecular formula is C14H13BrN2OS. The number of halogens is 1. The first kappa shape index (κ1) is 12.8. The molecule has 0 spiro atoms. The van der Waals surface area contributed by atoms with Gasteiger partial charge in [-0.3, -0.25) is 0 Å². The maximum Gasteiger partial charge on any atom is 0.0959 e. The van der Waals surface area contributed by atoms with Gasteiger partial charge in [-0.15, -0.1) is 11.3 Å². The molecule has 2 aromatic heterocycles. The van der Waals surface area contributed by atoms with Gasteiger partial charge in [0.1, 0.15) is 0 Å². The number of para-hydroxylation sites is 2. The molecule has 0 saturated heterocycles. The van der Waals surface area contributed by atoms with Crippen molar-refractivity contribution in [3.63, 3.8) is 0 Å². The van der Waals surface area contributed by atoms with E-state index in [1.165, 1.54) is 4.88 Å². The summed E-state index contributed by atoms with van der Waals surface area (Å²) in [7, 11) is 0. The van der Waals surface area contributed by atoms with Gasteiger partial charge in [0.25, 0.3) is 0 Å². The summed E-state index contributed by atoms with van der Waals surface area (Å²) >= 11 is 5.09. The van der Waals surface area contributed by atoms with Crippen molar-refractivity contribution in [1.82, 2.24) is 9.55 Å². The van der Waals surface area contributed by atoms with Gasteiger partial charge in [-0.2, -0.15) is 0 Å². The summed E-state index contributed by atoms with van der Waals surface area (Å²) in [5.41, 5.74) is 2.03. The average Bonchev–Trinajstić information content (AvgIpc) is 2.97. The summed E-state index contributed by atoms with van der Waals surface area (Å²) in [6, 6.07) is 10.0. The van der Waals surface area contributed by atoms with Gasteiger partial charge in [0.05, 0.1) is 30.0 Å². The topological polar surface area (TPSA) is 38.0 Å². The number of benzene rings is 1. The Morgan fingerprint density at radius 2 is 2.21 bits per heavy atom. The Morgan fingerprint density at radius 1 is 1.37 bits per heavy atom. The molecular weight excluding hydrogens is 324 g/mol. The first-order valence-corrected chi connectivity index (χ1v) is 7.70. The summed E-state index contributed by atoms with van der Waals surface area (Å²) in [5, 5.41) is 12.2. The molecule has 1 atom stereocenters. The number of hydrogen-bond donors (Lipinski definition) is 1. The number of rotatable bonds is 4. The van der Waals surface area contributed by atoms with Crippen molar-refractivity contribution in [2.45, 2.75) is 19.1 Å². The fourth-order valence-corrected chi connectivity index (χ4v) is 3.66. The lowest BCUT2D eigenvalue weighted by Gasteiger charge is -2.11. The van der Waals surface area contributed by atoms with Crippen molar-refractivity contribution in [2.24, 2.45) is 0 Å². The van der Waals surface area contributed by atoms with Crippen LogP contribution in [-0.4, -0.2) is 20.8 Å².